The quantitative estimate of drug-likeness (QED) is 0.484. The molecule has 0 saturated carbocycles. The second-order valence-electron chi connectivity index (χ2n) is 6.19. The van der Waals surface area contributed by atoms with Gasteiger partial charge in [-0.15, -0.1) is 0 Å². The molecule has 0 bridgehead atoms. The van der Waals surface area contributed by atoms with Crippen molar-refractivity contribution in [3.63, 3.8) is 0 Å². The highest BCUT2D eigenvalue weighted by Gasteiger charge is 2.31. The zero-order valence-electron chi connectivity index (χ0n) is 14.8. The fourth-order valence-corrected chi connectivity index (χ4v) is 4.27. The predicted octanol–water partition coefficient (Wildman–Crippen LogP) is -0.634. The summed E-state index contributed by atoms with van der Waals surface area (Å²) in [6, 6.07) is 0. The molecule has 0 atom stereocenters. The Morgan fingerprint density at radius 2 is 1.93 bits per heavy atom. The van der Waals surface area contributed by atoms with Gasteiger partial charge in [0.2, 0.25) is 15.9 Å². The van der Waals surface area contributed by atoms with E-state index in [1.165, 1.54) is 44.1 Å². The lowest BCUT2D eigenvalue weighted by atomic mass is 10.3. The van der Waals surface area contributed by atoms with E-state index in [1.807, 2.05) is 0 Å². The fraction of sp³-hybridized carbons (Fsp3) is 0.500. The zero-order chi connectivity index (χ0) is 19.8. The second-order valence-corrected chi connectivity index (χ2v) is 8.13. The van der Waals surface area contributed by atoms with Crippen LogP contribution in [0.15, 0.2) is 23.5 Å². The Morgan fingerprint density at radius 1 is 1.26 bits per heavy atom. The maximum atomic E-state index is 12.6. The Bertz CT molecular complexity index is 972. The molecule has 3 heterocycles. The van der Waals surface area contributed by atoms with Crippen LogP contribution in [0.1, 0.15) is 5.69 Å². The number of nitro groups is 1. The van der Waals surface area contributed by atoms with Gasteiger partial charge in [0, 0.05) is 39.4 Å². The van der Waals surface area contributed by atoms with E-state index in [0.29, 0.717) is 0 Å². The minimum Gasteiger partial charge on any atom is -0.338 e. The summed E-state index contributed by atoms with van der Waals surface area (Å²) in [4.78, 5) is 24.4. The molecule has 0 aliphatic carbocycles. The number of rotatable bonds is 5. The summed E-state index contributed by atoms with van der Waals surface area (Å²) in [6.07, 6.45) is 3.94. The molecule has 1 saturated heterocycles. The Morgan fingerprint density at radius 3 is 2.44 bits per heavy atom. The molecule has 3 rings (SSSR count). The van der Waals surface area contributed by atoms with Crippen molar-refractivity contribution in [3.8, 4) is 0 Å². The van der Waals surface area contributed by atoms with Gasteiger partial charge in [0.1, 0.15) is 23.3 Å². The van der Waals surface area contributed by atoms with Crippen LogP contribution in [0.5, 0.6) is 0 Å². The topological polar surface area (TPSA) is 136 Å². The van der Waals surface area contributed by atoms with Gasteiger partial charge in [0.15, 0.2) is 0 Å². The fourth-order valence-electron chi connectivity index (χ4n) is 2.87. The van der Waals surface area contributed by atoms with Gasteiger partial charge in [-0.2, -0.15) is 14.5 Å². The molecule has 146 valence electrons. The first-order valence-corrected chi connectivity index (χ1v) is 9.57. The Hall–Kier alpha value is -2.80. The van der Waals surface area contributed by atoms with Crippen molar-refractivity contribution in [1.29, 1.82) is 0 Å². The van der Waals surface area contributed by atoms with Gasteiger partial charge < -0.3 is 4.90 Å². The molecule has 0 radical (unpaired) electrons. The van der Waals surface area contributed by atoms with Gasteiger partial charge in [-0.1, -0.05) is 0 Å². The monoisotopic (exact) mass is 397 g/mol. The maximum absolute atomic E-state index is 12.6. The van der Waals surface area contributed by atoms with Crippen molar-refractivity contribution >= 4 is 21.6 Å². The third kappa shape index (κ3) is 3.83. The highest BCUT2D eigenvalue weighted by atomic mass is 32.2. The SMILES string of the molecule is Cc1nn(CC(=O)N2CCN(S(=O)(=O)c3cnn(C)c3)CC2)cc1[N+](=O)[O-]. The maximum Gasteiger partial charge on any atom is 0.309 e. The van der Waals surface area contributed by atoms with Crippen LogP contribution in [0, 0.1) is 17.0 Å². The molecule has 0 N–H and O–H groups in total. The second kappa shape index (κ2) is 7.08. The van der Waals surface area contributed by atoms with Gasteiger partial charge in [0.25, 0.3) is 0 Å². The first-order valence-electron chi connectivity index (χ1n) is 8.13. The summed E-state index contributed by atoms with van der Waals surface area (Å²) in [5.41, 5.74) is 0.0929. The van der Waals surface area contributed by atoms with Crippen molar-refractivity contribution in [1.82, 2.24) is 28.8 Å². The summed E-state index contributed by atoms with van der Waals surface area (Å²) >= 11 is 0. The Balaban J connectivity index is 1.61. The van der Waals surface area contributed by atoms with Gasteiger partial charge in [-0.3, -0.25) is 24.3 Å². The van der Waals surface area contributed by atoms with Crippen LogP contribution in [0.25, 0.3) is 0 Å². The predicted molar refractivity (Wildman–Crippen MR) is 92.2 cm³/mol. The molecule has 0 aromatic carbocycles. The van der Waals surface area contributed by atoms with Gasteiger partial charge >= 0.3 is 5.69 Å². The minimum atomic E-state index is -3.64. The van der Waals surface area contributed by atoms with E-state index in [2.05, 4.69) is 10.2 Å². The number of carbonyl (C=O) groups excluding carboxylic acids is 1. The first kappa shape index (κ1) is 19.0. The van der Waals surface area contributed by atoms with Crippen molar-refractivity contribution < 1.29 is 18.1 Å². The summed E-state index contributed by atoms with van der Waals surface area (Å²) in [7, 11) is -2.01. The first-order chi connectivity index (χ1) is 12.7. The number of piperazine rings is 1. The van der Waals surface area contributed by atoms with Gasteiger partial charge in [-0.25, -0.2) is 8.42 Å². The number of aryl methyl sites for hydroxylation is 2. The average Bonchev–Trinajstić information content (AvgIpc) is 3.21. The van der Waals surface area contributed by atoms with Crippen molar-refractivity contribution in [3.05, 3.63) is 34.4 Å². The third-order valence-corrected chi connectivity index (χ3v) is 6.18. The standard InChI is InChI=1S/C14H19N7O5S/c1-11-13(21(23)24)9-19(16-11)10-14(22)18-3-5-20(6-4-18)27(25,26)12-7-15-17(2)8-12/h7-9H,3-6,10H2,1-2H3. The number of hydrogen-bond donors (Lipinski definition) is 0. The van der Waals surface area contributed by atoms with Crippen LogP contribution in [0.3, 0.4) is 0 Å². The summed E-state index contributed by atoms with van der Waals surface area (Å²) in [5, 5.41) is 18.7. The molecule has 0 unspecified atom stereocenters. The minimum absolute atomic E-state index is 0.115. The molecule has 0 spiro atoms. The van der Waals surface area contributed by atoms with Crippen molar-refractivity contribution in [2.45, 2.75) is 18.4 Å². The zero-order valence-corrected chi connectivity index (χ0v) is 15.7. The number of sulfonamides is 1. The molecule has 27 heavy (non-hydrogen) atoms. The summed E-state index contributed by atoms with van der Waals surface area (Å²) in [6.45, 7) is 2.18. The molecule has 1 aliphatic rings. The van der Waals surface area contributed by atoms with Crippen LogP contribution in [-0.2, 0) is 28.4 Å². The molecular weight excluding hydrogens is 378 g/mol. The van der Waals surface area contributed by atoms with Crippen LogP contribution in [-0.4, -0.2) is 74.2 Å². The Labute approximate surface area is 155 Å². The molecular formula is C14H19N7O5S. The summed E-state index contributed by atoms with van der Waals surface area (Å²) < 4.78 is 29.1. The lowest BCUT2D eigenvalue weighted by Crippen LogP contribution is -2.51. The lowest BCUT2D eigenvalue weighted by molar-refractivity contribution is -0.385. The Kier molecular flexibility index (Phi) is 4.97. The molecule has 1 aliphatic heterocycles. The van der Waals surface area contributed by atoms with Crippen LogP contribution in [0.4, 0.5) is 5.69 Å². The van der Waals surface area contributed by atoms with E-state index in [1.54, 1.807) is 7.05 Å². The van der Waals surface area contributed by atoms with Gasteiger partial charge in [0.05, 0.1) is 11.1 Å². The largest absolute Gasteiger partial charge is 0.338 e. The van der Waals surface area contributed by atoms with E-state index in [0.717, 1.165) is 0 Å². The van der Waals surface area contributed by atoms with Crippen molar-refractivity contribution in [2.24, 2.45) is 7.05 Å². The van der Waals surface area contributed by atoms with Crippen LogP contribution >= 0.6 is 0 Å². The molecule has 1 amide bonds. The molecule has 13 heteroatoms. The highest BCUT2D eigenvalue weighted by molar-refractivity contribution is 7.89. The molecule has 2 aromatic heterocycles. The molecule has 1 fully saturated rings. The van der Waals surface area contributed by atoms with Crippen LogP contribution in [0.2, 0.25) is 0 Å². The number of carbonyl (C=O) groups is 1. The normalized spacial score (nSPS) is 15.9. The van der Waals surface area contributed by atoms with Crippen LogP contribution < -0.4 is 0 Å². The van der Waals surface area contributed by atoms with E-state index >= 15 is 0 Å². The van der Waals surface area contributed by atoms with E-state index in [-0.39, 0.29) is 54.9 Å². The number of aromatic nitrogens is 4. The lowest BCUT2D eigenvalue weighted by Gasteiger charge is -2.33. The number of hydrogen-bond acceptors (Lipinski definition) is 7. The van der Waals surface area contributed by atoms with E-state index in [4.69, 9.17) is 0 Å². The number of nitrogens with zero attached hydrogens (tertiary/aromatic N) is 7. The highest BCUT2D eigenvalue weighted by Crippen LogP contribution is 2.18. The molecule has 12 nitrogen and oxygen atoms in total. The summed E-state index contributed by atoms with van der Waals surface area (Å²) in [5.74, 6) is -0.272. The third-order valence-electron chi connectivity index (χ3n) is 4.32. The molecule has 2 aromatic rings. The smallest absolute Gasteiger partial charge is 0.309 e. The average molecular weight is 397 g/mol. The van der Waals surface area contributed by atoms with Crippen molar-refractivity contribution in [2.75, 3.05) is 26.2 Å². The van der Waals surface area contributed by atoms with E-state index in [9.17, 15) is 23.3 Å². The van der Waals surface area contributed by atoms with Gasteiger partial charge in [-0.05, 0) is 6.92 Å². The van der Waals surface area contributed by atoms with E-state index < -0.39 is 14.9 Å². The number of amides is 1.